The molecule has 1 amide bonds. The van der Waals surface area contributed by atoms with E-state index in [0.717, 1.165) is 6.92 Å². The van der Waals surface area contributed by atoms with Gasteiger partial charge < -0.3 is 24.3 Å². The molecule has 2 atom stereocenters. The summed E-state index contributed by atoms with van der Waals surface area (Å²) in [7, 11) is 0. The summed E-state index contributed by atoms with van der Waals surface area (Å²) >= 11 is 1.47. The molecule has 0 bridgehead atoms. The average Bonchev–Trinajstić information content (AvgIpc) is 2.69. The number of carbonyl (C=O) groups is 5. The molecular formula is C26H37NO9S. The van der Waals surface area contributed by atoms with E-state index in [9.17, 15) is 24.0 Å². The van der Waals surface area contributed by atoms with E-state index in [2.05, 4.69) is 5.32 Å². The monoisotopic (exact) mass is 539 g/mol. The Morgan fingerprint density at radius 1 is 0.865 bits per heavy atom. The van der Waals surface area contributed by atoms with E-state index in [1.807, 2.05) is 20.8 Å². The number of rotatable bonds is 10. The van der Waals surface area contributed by atoms with Crippen LogP contribution in [0.15, 0.2) is 18.2 Å². The standard InChI is InChI=1S/C26H37NO9S/c1-15(28)33-20-11-10-18(12-21(20)34-16(2)29)13-22(35-17(3)30)23(31)27-19(14-37-26(7,8)9)24(32)36-25(4,5)6/h10-12,19,22H,13-14H2,1-9H3,(H,27,31)/t19-,22?/m0/s1. The Kier molecular flexibility index (Phi) is 11.6. The van der Waals surface area contributed by atoms with Crippen molar-refractivity contribution < 1.29 is 42.9 Å². The molecule has 0 saturated heterocycles. The summed E-state index contributed by atoms with van der Waals surface area (Å²) in [6.07, 6.45) is -1.40. The smallest absolute Gasteiger partial charge is 0.330 e. The second-order valence-electron chi connectivity index (χ2n) is 10.3. The van der Waals surface area contributed by atoms with Crippen LogP contribution in [-0.2, 0) is 39.9 Å². The van der Waals surface area contributed by atoms with Gasteiger partial charge in [0.05, 0.1) is 0 Å². The summed E-state index contributed by atoms with van der Waals surface area (Å²) in [5.74, 6) is -3.03. The molecule has 0 fully saturated rings. The Balaban J connectivity index is 3.22. The van der Waals surface area contributed by atoms with Gasteiger partial charge in [0.1, 0.15) is 11.6 Å². The van der Waals surface area contributed by atoms with Crippen LogP contribution in [-0.4, -0.2) is 58.0 Å². The number of nitrogens with one attached hydrogen (secondary N) is 1. The molecule has 1 aromatic carbocycles. The predicted molar refractivity (Wildman–Crippen MR) is 138 cm³/mol. The normalized spacial score (nSPS) is 13.1. The first-order valence-corrected chi connectivity index (χ1v) is 12.7. The van der Waals surface area contributed by atoms with Crippen molar-refractivity contribution >= 4 is 41.5 Å². The lowest BCUT2D eigenvalue weighted by atomic mass is 10.1. The lowest BCUT2D eigenvalue weighted by molar-refractivity contribution is -0.160. The van der Waals surface area contributed by atoms with Gasteiger partial charge in [0, 0.05) is 37.7 Å². The number of amides is 1. The largest absolute Gasteiger partial charge is 0.458 e. The average molecular weight is 540 g/mol. The highest BCUT2D eigenvalue weighted by Crippen LogP contribution is 2.30. The predicted octanol–water partition coefficient (Wildman–Crippen LogP) is 3.37. The third kappa shape index (κ3) is 13.2. The van der Waals surface area contributed by atoms with Crippen LogP contribution in [0.3, 0.4) is 0 Å². The summed E-state index contributed by atoms with van der Waals surface area (Å²) in [5.41, 5.74) is -0.315. The Morgan fingerprint density at radius 2 is 1.43 bits per heavy atom. The second kappa shape index (κ2) is 13.5. The van der Waals surface area contributed by atoms with E-state index in [1.165, 1.54) is 43.8 Å². The van der Waals surface area contributed by atoms with Gasteiger partial charge in [-0.05, 0) is 38.5 Å². The zero-order valence-corrected chi connectivity index (χ0v) is 23.7. The van der Waals surface area contributed by atoms with Gasteiger partial charge in [-0.2, -0.15) is 11.8 Å². The molecule has 0 heterocycles. The van der Waals surface area contributed by atoms with Gasteiger partial charge in [-0.25, -0.2) is 4.79 Å². The minimum atomic E-state index is -1.30. The van der Waals surface area contributed by atoms with Crippen LogP contribution >= 0.6 is 11.8 Å². The fourth-order valence-electron chi connectivity index (χ4n) is 2.90. The summed E-state index contributed by atoms with van der Waals surface area (Å²) in [6, 6.07) is 3.36. The molecule has 0 spiro atoms. The van der Waals surface area contributed by atoms with Gasteiger partial charge in [-0.3, -0.25) is 19.2 Å². The van der Waals surface area contributed by atoms with Crippen molar-refractivity contribution in [3.63, 3.8) is 0 Å². The molecule has 0 aliphatic rings. The quantitative estimate of drug-likeness (QED) is 0.348. The number of ether oxygens (including phenoxy) is 4. The SMILES string of the molecule is CC(=O)Oc1ccc(CC(OC(C)=O)C(=O)N[C@@H](CSC(C)(C)C)C(=O)OC(C)(C)C)cc1OC(C)=O. The van der Waals surface area contributed by atoms with Crippen molar-refractivity contribution in [2.75, 3.05) is 5.75 Å². The van der Waals surface area contributed by atoms with Gasteiger partial charge >= 0.3 is 23.9 Å². The van der Waals surface area contributed by atoms with Crippen molar-refractivity contribution in [1.29, 1.82) is 0 Å². The van der Waals surface area contributed by atoms with Crippen molar-refractivity contribution in [3.05, 3.63) is 23.8 Å². The summed E-state index contributed by atoms with van der Waals surface area (Å²) in [5, 5.41) is 2.66. The van der Waals surface area contributed by atoms with E-state index < -0.39 is 47.5 Å². The van der Waals surface area contributed by atoms with Crippen molar-refractivity contribution in [1.82, 2.24) is 5.32 Å². The zero-order valence-electron chi connectivity index (χ0n) is 22.9. The number of benzene rings is 1. The molecule has 0 aromatic heterocycles. The topological polar surface area (TPSA) is 134 Å². The van der Waals surface area contributed by atoms with Crippen LogP contribution in [0.4, 0.5) is 0 Å². The maximum absolute atomic E-state index is 13.2. The fourth-order valence-corrected chi connectivity index (χ4v) is 3.78. The van der Waals surface area contributed by atoms with E-state index in [0.29, 0.717) is 5.56 Å². The van der Waals surface area contributed by atoms with Crippen LogP contribution in [0.5, 0.6) is 11.5 Å². The summed E-state index contributed by atoms with van der Waals surface area (Å²) < 4.78 is 20.7. The summed E-state index contributed by atoms with van der Waals surface area (Å²) in [6.45, 7) is 14.7. The molecule has 0 aliphatic carbocycles. The molecule has 0 radical (unpaired) electrons. The molecule has 1 N–H and O–H groups in total. The molecule has 1 rings (SSSR count). The number of thioether (sulfide) groups is 1. The van der Waals surface area contributed by atoms with Gasteiger partial charge in [-0.1, -0.05) is 26.8 Å². The molecule has 0 aliphatic heterocycles. The molecule has 1 aromatic rings. The first-order valence-electron chi connectivity index (χ1n) is 11.7. The molecule has 37 heavy (non-hydrogen) atoms. The highest BCUT2D eigenvalue weighted by molar-refractivity contribution is 8.00. The van der Waals surface area contributed by atoms with Crippen molar-refractivity contribution in [2.24, 2.45) is 0 Å². The van der Waals surface area contributed by atoms with E-state index in [1.54, 1.807) is 20.8 Å². The zero-order chi connectivity index (χ0) is 28.6. The highest BCUT2D eigenvalue weighted by Gasteiger charge is 2.32. The fraction of sp³-hybridized carbons (Fsp3) is 0.577. The maximum atomic E-state index is 13.2. The molecule has 10 nitrogen and oxygen atoms in total. The summed E-state index contributed by atoms with van der Waals surface area (Å²) in [4.78, 5) is 60.7. The molecule has 206 valence electrons. The van der Waals surface area contributed by atoms with Crippen LogP contribution in [0.25, 0.3) is 0 Å². The third-order valence-electron chi connectivity index (χ3n) is 4.23. The van der Waals surface area contributed by atoms with Gasteiger partial charge in [0.15, 0.2) is 17.6 Å². The Bertz CT molecular complexity index is 1010. The molecule has 1 unspecified atom stereocenters. The first kappa shape index (κ1) is 31.9. The van der Waals surface area contributed by atoms with Gasteiger partial charge in [0.25, 0.3) is 5.91 Å². The third-order valence-corrected chi connectivity index (χ3v) is 5.59. The van der Waals surface area contributed by atoms with Crippen LogP contribution in [0.2, 0.25) is 0 Å². The van der Waals surface area contributed by atoms with Crippen molar-refractivity contribution in [3.8, 4) is 11.5 Å². The van der Waals surface area contributed by atoms with E-state index in [4.69, 9.17) is 18.9 Å². The van der Waals surface area contributed by atoms with Gasteiger partial charge in [-0.15, -0.1) is 0 Å². The minimum absolute atomic E-state index is 0.0177. The lowest BCUT2D eigenvalue weighted by Gasteiger charge is -2.27. The number of esters is 4. The van der Waals surface area contributed by atoms with Crippen LogP contribution in [0, 0.1) is 0 Å². The van der Waals surface area contributed by atoms with E-state index >= 15 is 0 Å². The highest BCUT2D eigenvalue weighted by atomic mass is 32.2. The molecule has 0 saturated carbocycles. The van der Waals surface area contributed by atoms with Crippen LogP contribution in [0.1, 0.15) is 67.9 Å². The Morgan fingerprint density at radius 3 is 1.92 bits per heavy atom. The Labute approximate surface area is 222 Å². The minimum Gasteiger partial charge on any atom is -0.458 e. The van der Waals surface area contributed by atoms with Crippen LogP contribution < -0.4 is 14.8 Å². The number of carbonyl (C=O) groups excluding carboxylic acids is 5. The lowest BCUT2D eigenvalue weighted by Crippen LogP contribution is -2.50. The maximum Gasteiger partial charge on any atom is 0.330 e. The number of hydrogen-bond acceptors (Lipinski definition) is 10. The second-order valence-corrected chi connectivity index (χ2v) is 12.1. The van der Waals surface area contributed by atoms with Gasteiger partial charge in [0.2, 0.25) is 0 Å². The molecular weight excluding hydrogens is 502 g/mol. The Hall–Kier alpha value is -3.08. The number of hydrogen-bond donors (Lipinski definition) is 1. The van der Waals surface area contributed by atoms with E-state index in [-0.39, 0.29) is 28.4 Å². The molecule has 11 heteroatoms. The first-order chi connectivity index (χ1) is 16.9. The van der Waals surface area contributed by atoms with Crippen molar-refractivity contribution in [2.45, 2.75) is 91.2 Å².